The molecule has 0 atom stereocenters. The van der Waals surface area contributed by atoms with Crippen molar-refractivity contribution in [3.63, 3.8) is 0 Å². The van der Waals surface area contributed by atoms with E-state index in [2.05, 4.69) is 38.1 Å². The molecule has 0 unspecified atom stereocenters. The van der Waals surface area contributed by atoms with Gasteiger partial charge in [0.15, 0.2) is 0 Å². The zero-order valence-corrected chi connectivity index (χ0v) is 17.5. The maximum absolute atomic E-state index is 10.5. The fourth-order valence-corrected chi connectivity index (χ4v) is 4.11. The first-order chi connectivity index (χ1) is 15.1. The van der Waals surface area contributed by atoms with Gasteiger partial charge in [-0.15, -0.1) is 10.2 Å². The van der Waals surface area contributed by atoms with Gasteiger partial charge >= 0.3 is 0 Å². The minimum absolute atomic E-state index is 0.248. The third-order valence-corrected chi connectivity index (χ3v) is 5.54. The Kier molecular flexibility index (Phi) is 4.75. The molecule has 4 nitrogen and oxygen atoms in total. The molecule has 4 heteroatoms. The summed E-state index contributed by atoms with van der Waals surface area (Å²) in [6.07, 6.45) is 0. The third kappa shape index (κ3) is 3.46. The second-order valence-electron chi connectivity index (χ2n) is 7.97. The van der Waals surface area contributed by atoms with Gasteiger partial charge in [0.05, 0.1) is 5.69 Å². The van der Waals surface area contributed by atoms with Crippen molar-refractivity contribution in [1.82, 2.24) is 15.0 Å². The van der Waals surface area contributed by atoms with Crippen LogP contribution in [0, 0.1) is 0 Å². The summed E-state index contributed by atoms with van der Waals surface area (Å²) in [6, 6.07) is 29.9. The second kappa shape index (κ2) is 7.73. The predicted octanol–water partition coefficient (Wildman–Crippen LogP) is 6.58. The van der Waals surface area contributed by atoms with E-state index in [0.29, 0.717) is 0 Å². The smallest absolute Gasteiger partial charge is 0.123 e. The molecule has 0 fully saturated rings. The van der Waals surface area contributed by atoms with Gasteiger partial charge in [-0.05, 0) is 58.5 Å². The predicted molar refractivity (Wildman–Crippen MR) is 125 cm³/mol. The lowest BCUT2D eigenvalue weighted by molar-refractivity contribution is 0.477. The van der Waals surface area contributed by atoms with E-state index < -0.39 is 0 Å². The Labute approximate surface area is 181 Å². The first-order valence-corrected chi connectivity index (χ1v) is 10.5. The molecule has 0 aliphatic heterocycles. The van der Waals surface area contributed by atoms with E-state index in [1.807, 2.05) is 60.7 Å². The lowest BCUT2D eigenvalue weighted by Gasteiger charge is -2.20. The Morgan fingerprint density at radius 1 is 0.677 bits per heavy atom. The van der Waals surface area contributed by atoms with Crippen molar-refractivity contribution in [1.29, 1.82) is 0 Å². The fourth-order valence-electron chi connectivity index (χ4n) is 4.11. The maximum atomic E-state index is 10.5. The van der Waals surface area contributed by atoms with E-state index in [4.69, 9.17) is 10.2 Å². The summed E-state index contributed by atoms with van der Waals surface area (Å²) in [5.74, 6) is 0.501. The zero-order valence-electron chi connectivity index (χ0n) is 17.5. The van der Waals surface area contributed by atoms with Gasteiger partial charge in [-0.1, -0.05) is 74.5 Å². The largest absolute Gasteiger partial charge is 0.507 e. The Morgan fingerprint density at radius 2 is 1.29 bits per heavy atom. The van der Waals surface area contributed by atoms with Crippen molar-refractivity contribution >= 4 is 11.0 Å². The molecule has 1 N–H and O–H groups in total. The SMILES string of the molecule is CC(C)c1c(-c2ccccc2)cc(-c2ccccc2O)cc1-n1nc2ccccc2n1. The molecular formula is C27H23N3O. The molecule has 0 spiro atoms. The molecular weight excluding hydrogens is 382 g/mol. The Balaban J connectivity index is 1.85. The van der Waals surface area contributed by atoms with Gasteiger partial charge in [-0.3, -0.25) is 0 Å². The van der Waals surface area contributed by atoms with Crippen LogP contribution in [0.2, 0.25) is 0 Å². The number of para-hydroxylation sites is 1. The van der Waals surface area contributed by atoms with E-state index in [1.54, 1.807) is 10.9 Å². The number of nitrogens with zero attached hydrogens (tertiary/aromatic N) is 3. The van der Waals surface area contributed by atoms with Gasteiger partial charge in [0.1, 0.15) is 16.8 Å². The minimum atomic E-state index is 0.248. The summed E-state index contributed by atoms with van der Waals surface area (Å²) in [5.41, 5.74) is 7.76. The lowest BCUT2D eigenvalue weighted by Crippen LogP contribution is -2.07. The quantitative estimate of drug-likeness (QED) is 0.367. The van der Waals surface area contributed by atoms with Gasteiger partial charge in [0, 0.05) is 5.56 Å². The molecule has 152 valence electrons. The topological polar surface area (TPSA) is 50.9 Å². The number of phenols is 1. The summed E-state index contributed by atoms with van der Waals surface area (Å²) in [5, 5.41) is 20.1. The van der Waals surface area contributed by atoms with Crippen molar-refractivity contribution in [2.45, 2.75) is 19.8 Å². The third-order valence-electron chi connectivity index (χ3n) is 5.54. The normalized spacial score (nSPS) is 11.3. The van der Waals surface area contributed by atoms with Crippen LogP contribution in [0.15, 0.2) is 91.0 Å². The van der Waals surface area contributed by atoms with Crippen LogP contribution in [0.3, 0.4) is 0 Å². The average Bonchev–Trinajstić information content (AvgIpc) is 3.23. The molecule has 4 aromatic carbocycles. The highest BCUT2D eigenvalue weighted by Crippen LogP contribution is 2.40. The van der Waals surface area contributed by atoms with Crippen LogP contribution in [0.5, 0.6) is 5.75 Å². The van der Waals surface area contributed by atoms with E-state index in [-0.39, 0.29) is 11.7 Å². The number of hydrogen-bond donors (Lipinski definition) is 1. The molecule has 0 aliphatic rings. The number of hydrogen-bond acceptors (Lipinski definition) is 3. The highest BCUT2D eigenvalue weighted by atomic mass is 16.3. The van der Waals surface area contributed by atoms with E-state index >= 15 is 0 Å². The van der Waals surface area contributed by atoms with Gasteiger partial charge in [0.2, 0.25) is 0 Å². The number of fused-ring (bicyclic) bond motifs is 1. The Hall–Kier alpha value is -3.92. The van der Waals surface area contributed by atoms with Gasteiger partial charge < -0.3 is 5.11 Å². The van der Waals surface area contributed by atoms with Crippen LogP contribution >= 0.6 is 0 Å². The van der Waals surface area contributed by atoms with Crippen molar-refractivity contribution in [3.8, 4) is 33.7 Å². The monoisotopic (exact) mass is 405 g/mol. The summed E-state index contributed by atoms with van der Waals surface area (Å²) in [7, 11) is 0. The van der Waals surface area contributed by atoms with Crippen molar-refractivity contribution in [3.05, 3.63) is 96.6 Å². The summed E-state index contributed by atoms with van der Waals surface area (Å²) in [4.78, 5) is 1.73. The average molecular weight is 406 g/mol. The van der Waals surface area contributed by atoms with Crippen LogP contribution < -0.4 is 0 Å². The Morgan fingerprint density at radius 3 is 1.94 bits per heavy atom. The van der Waals surface area contributed by atoms with Crippen molar-refractivity contribution in [2.75, 3.05) is 0 Å². The van der Waals surface area contributed by atoms with E-state index in [1.165, 1.54) is 5.56 Å². The van der Waals surface area contributed by atoms with Gasteiger partial charge in [0.25, 0.3) is 0 Å². The van der Waals surface area contributed by atoms with Gasteiger partial charge in [-0.2, -0.15) is 4.80 Å². The highest BCUT2D eigenvalue weighted by molar-refractivity contribution is 5.82. The highest BCUT2D eigenvalue weighted by Gasteiger charge is 2.20. The minimum Gasteiger partial charge on any atom is -0.507 e. The number of rotatable bonds is 4. The molecule has 0 saturated carbocycles. The number of aromatic hydroxyl groups is 1. The summed E-state index contributed by atoms with van der Waals surface area (Å²) < 4.78 is 0. The number of benzene rings is 4. The van der Waals surface area contributed by atoms with E-state index in [9.17, 15) is 5.11 Å². The fraction of sp³-hybridized carbons (Fsp3) is 0.111. The van der Waals surface area contributed by atoms with Crippen LogP contribution in [-0.2, 0) is 0 Å². The van der Waals surface area contributed by atoms with E-state index in [0.717, 1.165) is 39.0 Å². The molecule has 0 saturated heterocycles. The molecule has 5 aromatic rings. The van der Waals surface area contributed by atoms with Crippen molar-refractivity contribution < 1.29 is 5.11 Å². The first-order valence-electron chi connectivity index (χ1n) is 10.5. The molecule has 0 radical (unpaired) electrons. The molecule has 1 aromatic heterocycles. The molecule has 1 heterocycles. The van der Waals surface area contributed by atoms with Crippen LogP contribution in [0.1, 0.15) is 25.3 Å². The molecule has 5 rings (SSSR count). The summed E-state index contributed by atoms with van der Waals surface area (Å²) in [6.45, 7) is 4.38. The van der Waals surface area contributed by atoms with Gasteiger partial charge in [-0.25, -0.2) is 0 Å². The first kappa shape index (κ1) is 19.1. The summed E-state index contributed by atoms with van der Waals surface area (Å²) >= 11 is 0. The zero-order chi connectivity index (χ0) is 21.4. The van der Waals surface area contributed by atoms with Crippen molar-refractivity contribution in [2.24, 2.45) is 0 Å². The van der Waals surface area contributed by atoms with Crippen LogP contribution in [0.4, 0.5) is 0 Å². The molecule has 0 aliphatic carbocycles. The number of aromatic nitrogens is 3. The second-order valence-corrected chi connectivity index (χ2v) is 7.97. The molecule has 31 heavy (non-hydrogen) atoms. The standard InChI is InChI=1S/C27H23N3O/c1-18(2)27-22(19-10-4-3-5-11-19)16-20(21-12-6-9-15-26(21)31)17-25(27)30-28-23-13-7-8-14-24(23)29-30/h3-18,31H,1-2H3. The number of phenolic OH excluding ortho intramolecular Hbond substituents is 1. The molecule has 0 bridgehead atoms. The van der Waals surface area contributed by atoms with Crippen LogP contribution in [-0.4, -0.2) is 20.1 Å². The van der Waals surface area contributed by atoms with Crippen LogP contribution in [0.25, 0.3) is 39.0 Å². The Bertz CT molecular complexity index is 1340. The molecule has 0 amide bonds. The maximum Gasteiger partial charge on any atom is 0.123 e. The lowest BCUT2D eigenvalue weighted by atomic mass is 9.88.